The third kappa shape index (κ3) is 3.74. The van der Waals surface area contributed by atoms with Crippen LogP contribution in [0.25, 0.3) is 10.6 Å². The van der Waals surface area contributed by atoms with Gasteiger partial charge in [-0.3, -0.25) is 14.9 Å². The van der Waals surface area contributed by atoms with Crippen LogP contribution >= 0.6 is 22.7 Å². The first kappa shape index (κ1) is 16.5. The first-order valence-electron chi connectivity index (χ1n) is 7.28. The summed E-state index contributed by atoms with van der Waals surface area (Å²) in [5, 5.41) is 18.1. The van der Waals surface area contributed by atoms with Gasteiger partial charge in [-0.25, -0.2) is 4.68 Å². The molecule has 3 heterocycles. The molecule has 0 saturated carbocycles. The Morgan fingerprint density at radius 2 is 2.12 bits per heavy atom. The molecule has 3 aromatic rings. The molecule has 0 bridgehead atoms. The molecule has 3 rings (SSSR count). The molecule has 124 valence electrons. The predicted octanol–water partition coefficient (Wildman–Crippen LogP) is 2.59. The van der Waals surface area contributed by atoms with Gasteiger partial charge in [-0.15, -0.1) is 21.5 Å². The highest BCUT2D eigenvalue weighted by Gasteiger charge is 2.12. The van der Waals surface area contributed by atoms with Crippen molar-refractivity contribution in [2.45, 2.75) is 26.3 Å². The van der Waals surface area contributed by atoms with Crippen LogP contribution in [0.4, 0.5) is 5.13 Å². The minimum absolute atomic E-state index is 0.172. The van der Waals surface area contributed by atoms with Gasteiger partial charge in [-0.1, -0.05) is 31.3 Å². The fourth-order valence-electron chi connectivity index (χ4n) is 1.93. The number of anilines is 1. The van der Waals surface area contributed by atoms with Crippen molar-refractivity contribution in [1.29, 1.82) is 0 Å². The normalized spacial score (nSPS) is 11.0. The second-order valence-electron chi connectivity index (χ2n) is 5.34. The first-order valence-corrected chi connectivity index (χ1v) is 8.98. The van der Waals surface area contributed by atoms with E-state index in [1.807, 2.05) is 31.4 Å². The van der Waals surface area contributed by atoms with Gasteiger partial charge in [0.15, 0.2) is 0 Å². The standard InChI is InChI=1S/C15H15N5O2S2/c1-9(2)14-17-18-15(24-14)16-12(21)8-20-13(22)6-5-10(19-20)11-4-3-7-23-11/h3-7,9H,8H2,1-2H3,(H,16,18,21). The molecule has 7 nitrogen and oxygen atoms in total. The van der Waals surface area contributed by atoms with E-state index >= 15 is 0 Å². The Morgan fingerprint density at radius 1 is 1.29 bits per heavy atom. The predicted molar refractivity (Wildman–Crippen MR) is 94.4 cm³/mol. The molecule has 24 heavy (non-hydrogen) atoms. The number of carbonyl (C=O) groups is 1. The fourth-order valence-corrected chi connectivity index (χ4v) is 3.38. The lowest BCUT2D eigenvalue weighted by Gasteiger charge is -2.05. The van der Waals surface area contributed by atoms with Crippen LogP contribution in [0.2, 0.25) is 0 Å². The van der Waals surface area contributed by atoms with E-state index in [9.17, 15) is 9.59 Å². The molecule has 0 unspecified atom stereocenters. The van der Waals surface area contributed by atoms with Crippen molar-refractivity contribution in [3.63, 3.8) is 0 Å². The molecule has 0 aliphatic rings. The molecule has 0 fully saturated rings. The zero-order chi connectivity index (χ0) is 17.1. The van der Waals surface area contributed by atoms with Gasteiger partial charge in [-0.2, -0.15) is 5.10 Å². The third-order valence-electron chi connectivity index (χ3n) is 3.11. The van der Waals surface area contributed by atoms with E-state index in [1.165, 1.54) is 28.7 Å². The molecule has 9 heteroatoms. The maximum Gasteiger partial charge on any atom is 0.267 e. The Hall–Kier alpha value is -2.39. The number of amides is 1. The summed E-state index contributed by atoms with van der Waals surface area (Å²) >= 11 is 2.85. The summed E-state index contributed by atoms with van der Waals surface area (Å²) in [4.78, 5) is 25.0. The van der Waals surface area contributed by atoms with Gasteiger partial charge >= 0.3 is 0 Å². The minimum atomic E-state index is -0.362. The SMILES string of the molecule is CC(C)c1nnc(NC(=O)Cn2nc(-c3cccs3)ccc2=O)s1. The van der Waals surface area contributed by atoms with Gasteiger partial charge in [0, 0.05) is 12.0 Å². The van der Waals surface area contributed by atoms with Crippen LogP contribution in [0.5, 0.6) is 0 Å². The quantitative estimate of drug-likeness (QED) is 0.754. The molecule has 3 aromatic heterocycles. The van der Waals surface area contributed by atoms with E-state index in [0.29, 0.717) is 10.8 Å². The Balaban J connectivity index is 1.74. The molecule has 0 atom stereocenters. The molecule has 0 saturated heterocycles. The number of aromatic nitrogens is 4. The highest BCUT2D eigenvalue weighted by molar-refractivity contribution is 7.15. The third-order valence-corrected chi connectivity index (χ3v) is 5.15. The second kappa shape index (κ2) is 7.02. The highest BCUT2D eigenvalue weighted by atomic mass is 32.1. The number of hydrogen-bond donors (Lipinski definition) is 1. The molecule has 1 N–H and O–H groups in total. The van der Waals surface area contributed by atoms with Gasteiger partial charge in [0.1, 0.15) is 17.2 Å². The zero-order valence-electron chi connectivity index (χ0n) is 13.1. The average Bonchev–Trinajstić information content (AvgIpc) is 3.20. The lowest BCUT2D eigenvalue weighted by molar-refractivity contribution is -0.117. The van der Waals surface area contributed by atoms with E-state index in [0.717, 1.165) is 14.6 Å². The summed E-state index contributed by atoms with van der Waals surface area (Å²) in [6.07, 6.45) is 0. The van der Waals surface area contributed by atoms with Gasteiger partial charge < -0.3 is 0 Å². The van der Waals surface area contributed by atoms with Crippen molar-refractivity contribution in [3.8, 4) is 10.6 Å². The number of nitrogens with zero attached hydrogens (tertiary/aromatic N) is 4. The summed E-state index contributed by atoms with van der Waals surface area (Å²) < 4.78 is 1.15. The maximum absolute atomic E-state index is 12.1. The number of hydrogen-bond acceptors (Lipinski definition) is 7. The van der Waals surface area contributed by atoms with Crippen LogP contribution in [-0.2, 0) is 11.3 Å². The van der Waals surface area contributed by atoms with Crippen LogP contribution in [-0.4, -0.2) is 25.9 Å². The lowest BCUT2D eigenvalue weighted by Crippen LogP contribution is -2.29. The van der Waals surface area contributed by atoms with Crippen LogP contribution in [0.15, 0.2) is 34.4 Å². The summed E-state index contributed by atoms with van der Waals surface area (Å²) in [5.41, 5.74) is 0.334. The summed E-state index contributed by atoms with van der Waals surface area (Å²) in [5.74, 6) is -0.112. The maximum atomic E-state index is 12.1. The summed E-state index contributed by atoms with van der Waals surface area (Å²) in [7, 11) is 0. The second-order valence-corrected chi connectivity index (χ2v) is 7.30. The number of thiophene rings is 1. The molecular formula is C15H15N5O2S2. The van der Waals surface area contributed by atoms with Crippen molar-refractivity contribution < 1.29 is 4.79 Å². The van der Waals surface area contributed by atoms with E-state index in [4.69, 9.17) is 0 Å². The van der Waals surface area contributed by atoms with E-state index < -0.39 is 0 Å². The van der Waals surface area contributed by atoms with E-state index in [1.54, 1.807) is 6.07 Å². The van der Waals surface area contributed by atoms with Crippen molar-refractivity contribution in [1.82, 2.24) is 20.0 Å². The number of nitrogens with one attached hydrogen (secondary N) is 1. The van der Waals surface area contributed by atoms with Crippen molar-refractivity contribution in [2.75, 3.05) is 5.32 Å². The molecule has 0 aromatic carbocycles. The Kier molecular flexibility index (Phi) is 4.81. The average molecular weight is 361 g/mol. The molecule has 0 spiro atoms. The smallest absolute Gasteiger partial charge is 0.267 e. The summed E-state index contributed by atoms with van der Waals surface area (Å²) in [6, 6.07) is 6.89. The van der Waals surface area contributed by atoms with E-state index in [-0.39, 0.29) is 23.9 Å². The van der Waals surface area contributed by atoms with Crippen molar-refractivity contribution >= 4 is 33.7 Å². The molecule has 0 radical (unpaired) electrons. The molecular weight excluding hydrogens is 346 g/mol. The zero-order valence-corrected chi connectivity index (χ0v) is 14.7. The summed E-state index contributed by atoms with van der Waals surface area (Å²) in [6.45, 7) is 3.84. The van der Waals surface area contributed by atoms with Crippen LogP contribution in [0.1, 0.15) is 24.8 Å². The monoisotopic (exact) mass is 361 g/mol. The molecule has 0 aliphatic carbocycles. The van der Waals surface area contributed by atoms with Gasteiger partial charge in [-0.05, 0) is 17.5 Å². The molecule has 0 aliphatic heterocycles. The highest BCUT2D eigenvalue weighted by Crippen LogP contribution is 2.22. The van der Waals surface area contributed by atoms with E-state index in [2.05, 4.69) is 20.6 Å². The topological polar surface area (TPSA) is 89.8 Å². The lowest BCUT2D eigenvalue weighted by atomic mass is 10.2. The number of carbonyl (C=O) groups excluding carboxylic acids is 1. The Bertz CT molecular complexity index is 899. The van der Waals surface area contributed by atoms with Crippen LogP contribution < -0.4 is 10.9 Å². The van der Waals surface area contributed by atoms with Crippen LogP contribution in [0.3, 0.4) is 0 Å². The minimum Gasteiger partial charge on any atom is -0.299 e. The van der Waals surface area contributed by atoms with Crippen molar-refractivity contribution in [2.24, 2.45) is 0 Å². The first-order chi connectivity index (χ1) is 11.5. The Morgan fingerprint density at radius 3 is 2.79 bits per heavy atom. The Labute approximate surface area is 146 Å². The van der Waals surface area contributed by atoms with Gasteiger partial charge in [0.25, 0.3) is 5.56 Å². The number of rotatable bonds is 5. The largest absolute Gasteiger partial charge is 0.299 e. The fraction of sp³-hybridized carbons (Fsp3) is 0.267. The molecule has 1 amide bonds. The van der Waals surface area contributed by atoms with Crippen molar-refractivity contribution in [3.05, 3.63) is 45.0 Å². The van der Waals surface area contributed by atoms with Gasteiger partial charge in [0.05, 0.1) is 4.88 Å². The van der Waals surface area contributed by atoms with Gasteiger partial charge in [0.2, 0.25) is 11.0 Å². The van der Waals surface area contributed by atoms with Crippen LogP contribution in [0, 0.1) is 0 Å².